The Hall–Kier alpha value is -2.41. The topological polar surface area (TPSA) is 86.9 Å². The second-order valence-corrected chi connectivity index (χ2v) is 6.67. The normalized spacial score (nSPS) is 11.0. The number of rotatable bonds is 3. The Labute approximate surface area is 147 Å². The van der Waals surface area contributed by atoms with Gasteiger partial charge in [-0.05, 0) is 49.1 Å². The number of hydrogen-bond acceptors (Lipinski definition) is 5. The first kappa shape index (κ1) is 16.4. The van der Waals surface area contributed by atoms with Gasteiger partial charge >= 0.3 is 6.01 Å². The molecule has 0 fully saturated rings. The minimum absolute atomic E-state index is 0.00211. The number of pyridine rings is 1. The second kappa shape index (κ2) is 6.24. The number of nitrogens with two attached hydrogens (primary N) is 1. The van der Waals surface area contributed by atoms with Gasteiger partial charge in [0.15, 0.2) is 0 Å². The van der Waals surface area contributed by atoms with Crippen molar-refractivity contribution in [3.05, 3.63) is 61.5 Å². The third-order valence-electron chi connectivity index (χ3n) is 4.08. The molecule has 7 heteroatoms. The fourth-order valence-electron chi connectivity index (χ4n) is 2.73. The van der Waals surface area contributed by atoms with Crippen molar-refractivity contribution < 1.29 is 4.42 Å². The molecule has 0 aliphatic carbocycles. The number of halogens is 1. The third-order valence-corrected chi connectivity index (χ3v) is 4.58. The average Bonchev–Trinajstić information content (AvgIpc) is 2.96. The van der Waals surface area contributed by atoms with E-state index in [0.717, 1.165) is 26.7 Å². The molecular formula is C17H17BrN4O2. The molecule has 0 saturated carbocycles. The maximum absolute atomic E-state index is 12.4. The van der Waals surface area contributed by atoms with Gasteiger partial charge in [-0.15, -0.1) is 5.10 Å². The molecule has 0 bridgehead atoms. The van der Waals surface area contributed by atoms with Crippen molar-refractivity contribution in [2.75, 3.05) is 5.73 Å². The summed E-state index contributed by atoms with van der Waals surface area (Å²) in [5.74, 6) is 0.316. The van der Waals surface area contributed by atoms with Crippen LogP contribution >= 0.6 is 15.9 Å². The van der Waals surface area contributed by atoms with E-state index in [4.69, 9.17) is 10.2 Å². The van der Waals surface area contributed by atoms with Gasteiger partial charge in [-0.3, -0.25) is 4.79 Å². The highest BCUT2D eigenvalue weighted by Gasteiger charge is 2.18. The first-order valence-corrected chi connectivity index (χ1v) is 8.19. The molecule has 2 aromatic heterocycles. The van der Waals surface area contributed by atoms with Crippen molar-refractivity contribution in [2.45, 2.75) is 20.3 Å². The molecule has 0 atom stereocenters. The van der Waals surface area contributed by atoms with Crippen LogP contribution in [0, 0.1) is 13.8 Å². The van der Waals surface area contributed by atoms with Crippen molar-refractivity contribution in [3.63, 3.8) is 0 Å². The largest absolute Gasteiger partial charge is 0.403 e. The molecule has 3 rings (SSSR count). The zero-order valence-corrected chi connectivity index (χ0v) is 15.2. The molecule has 3 aromatic rings. The summed E-state index contributed by atoms with van der Waals surface area (Å²) in [5, 5.41) is 7.69. The molecule has 1 aromatic carbocycles. The van der Waals surface area contributed by atoms with Gasteiger partial charge in [0.25, 0.3) is 11.4 Å². The molecule has 0 saturated heterocycles. The van der Waals surface area contributed by atoms with Crippen LogP contribution in [0.25, 0.3) is 11.5 Å². The summed E-state index contributed by atoms with van der Waals surface area (Å²) < 4.78 is 7.92. The fraction of sp³-hybridized carbons (Fsp3) is 0.235. The van der Waals surface area contributed by atoms with Gasteiger partial charge in [0.05, 0.1) is 5.56 Å². The molecular weight excluding hydrogens is 372 g/mol. The summed E-state index contributed by atoms with van der Waals surface area (Å²) >= 11 is 3.47. The van der Waals surface area contributed by atoms with Crippen molar-refractivity contribution in [3.8, 4) is 11.5 Å². The summed E-state index contributed by atoms with van der Waals surface area (Å²) in [6, 6.07) is 6.09. The molecule has 124 valence electrons. The van der Waals surface area contributed by atoms with E-state index >= 15 is 0 Å². The van der Waals surface area contributed by atoms with Crippen molar-refractivity contribution in [1.29, 1.82) is 0 Å². The molecule has 24 heavy (non-hydrogen) atoms. The third kappa shape index (κ3) is 2.99. The van der Waals surface area contributed by atoms with Crippen LogP contribution < -0.4 is 11.3 Å². The van der Waals surface area contributed by atoms with Crippen LogP contribution in [-0.4, -0.2) is 14.8 Å². The quantitative estimate of drug-likeness (QED) is 0.744. The molecule has 0 aliphatic rings. The monoisotopic (exact) mass is 388 g/mol. The highest BCUT2D eigenvalue weighted by molar-refractivity contribution is 9.10. The maximum Gasteiger partial charge on any atom is 0.313 e. The van der Waals surface area contributed by atoms with Crippen molar-refractivity contribution in [2.24, 2.45) is 7.05 Å². The maximum atomic E-state index is 12.4. The lowest BCUT2D eigenvalue weighted by Crippen LogP contribution is -2.21. The lowest BCUT2D eigenvalue weighted by Gasteiger charge is -2.14. The minimum atomic E-state index is -0.0454. The highest BCUT2D eigenvalue weighted by atomic mass is 79.9. The van der Waals surface area contributed by atoms with Crippen LogP contribution in [0.4, 0.5) is 6.01 Å². The minimum Gasteiger partial charge on any atom is -0.403 e. The average molecular weight is 389 g/mol. The van der Waals surface area contributed by atoms with Crippen LogP contribution in [0.2, 0.25) is 0 Å². The van der Waals surface area contributed by atoms with Gasteiger partial charge in [-0.1, -0.05) is 27.1 Å². The Kier molecular flexibility index (Phi) is 4.28. The van der Waals surface area contributed by atoms with Gasteiger partial charge in [-0.2, -0.15) is 0 Å². The van der Waals surface area contributed by atoms with Gasteiger partial charge in [0.1, 0.15) is 0 Å². The van der Waals surface area contributed by atoms with Crippen LogP contribution in [0.5, 0.6) is 0 Å². The van der Waals surface area contributed by atoms with Crippen LogP contribution in [0.15, 0.2) is 38.1 Å². The number of aromatic nitrogens is 3. The lowest BCUT2D eigenvalue weighted by atomic mass is 9.95. The summed E-state index contributed by atoms with van der Waals surface area (Å²) in [6.07, 6.45) is 2.31. The van der Waals surface area contributed by atoms with Crippen LogP contribution in [0.3, 0.4) is 0 Å². The molecule has 2 N–H and O–H groups in total. The molecule has 2 heterocycles. The fourth-order valence-corrected chi connectivity index (χ4v) is 3.20. The summed E-state index contributed by atoms with van der Waals surface area (Å²) in [6.45, 7) is 3.86. The van der Waals surface area contributed by atoms with E-state index in [1.165, 1.54) is 4.57 Å². The molecule has 0 aliphatic heterocycles. The number of aryl methyl sites for hydroxylation is 2. The second-order valence-electron chi connectivity index (χ2n) is 5.76. The lowest BCUT2D eigenvalue weighted by molar-refractivity contribution is 0.588. The molecule has 0 unspecified atom stereocenters. The number of nitrogen functional groups attached to an aromatic ring is 1. The smallest absolute Gasteiger partial charge is 0.313 e. The Bertz CT molecular complexity index is 975. The van der Waals surface area contributed by atoms with Crippen LogP contribution in [-0.2, 0) is 13.5 Å². The van der Waals surface area contributed by atoms with Gasteiger partial charge in [-0.25, -0.2) is 0 Å². The van der Waals surface area contributed by atoms with E-state index in [1.807, 2.05) is 26.0 Å². The molecule has 6 nitrogen and oxygen atoms in total. The first-order valence-electron chi connectivity index (χ1n) is 7.40. The standard InChI is InChI=1S/C17H17BrN4O2/c1-9-6-12(18)5-4-11(9)7-13-10(2)16(23)22(3)8-14(13)15-20-21-17(19)24-15/h4-6,8H,7H2,1-3H3,(H2,19,21). The van der Waals surface area contributed by atoms with Gasteiger partial charge < -0.3 is 14.7 Å². The molecule has 0 amide bonds. The van der Waals surface area contributed by atoms with E-state index in [0.29, 0.717) is 17.9 Å². The van der Waals surface area contributed by atoms with Gasteiger partial charge in [0, 0.05) is 23.3 Å². The van der Waals surface area contributed by atoms with E-state index in [2.05, 4.69) is 32.2 Å². The number of hydrogen-bond donors (Lipinski definition) is 1. The summed E-state index contributed by atoms with van der Waals surface area (Å²) in [4.78, 5) is 12.4. The number of anilines is 1. The Balaban J connectivity index is 2.18. The van der Waals surface area contributed by atoms with E-state index < -0.39 is 0 Å². The predicted molar refractivity (Wildman–Crippen MR) is 95.8 cm³/mol. The SMILES string of the molecule is Cc1cc(Br)ccc1Cc1c(-c2nnc(N)o2)cn(C)c(=O)c1C. The molecule has 0 radical (unpaired) electrons. The van der Waals surface area contributed by atoms with Crippen molar-refractivity contribution >= 4 is 21.9 Å². The number of benzene rings is 1. The van der Waals surface area contributed by atoms with Crippen molar-refractivity contribution in [1.82, 2.24) is 14.8 Å². The summed E-state index contributed by atoms with van der Waals surface area (Å²) in [7, 11) is 1.70. The Morgan fingerprint density at radius 2 is 2.04 bits per heavy atom. The van der Waals surface area contributed by atoms with E-state index in [-0.39, 0.29) is 11.6 Å². The zero-order valence-electron chi connectivity index (χ0n) is 13.6. The Morgan fingerprint density at radius 3 is 2.67 bits per heavy atom. The summed E-state index contributed by atoms with van der Waals surface area (Å²) in [5.41, 5.74) is 10.0. The van der Waals surface area contributed by atoms with Crippen LogP contribution in [0.1, 0.15) is 22.3 Å². The van der Waals surface area contributed by atoms with E-state index in [1.54, 1.807) is 13.2 Å². The first-order chi connectivity index (χ1) is 11.4. The zero-order chi connectivity index (χ0) is 17.4. The highest BCUT2D eigenvalue weighted by Crippen LogP contribution is 2.27. The molecule has 0 spiro atoms. The van der Waals surface area contributed by atoms with Gasteiger partial charge in [0.2, 0.25) is 0 Å². The Morgan fingerprint density at radius 1 is 1.29 bits per heavy atom. The number of nitrogens with zero attached hydrogens (tertiary/aromatic N) is 3. The van der Waals surface area contributed by atoms with E-state index in [9.17, 15) is 4.79 Å². The predicted octanol–water partition coefficient (Wildman–Crippen LogP) is 2.99.